The number of sulfonamides is 1. The second-order valence-corrected chi connectivity index (χ2v) is 10.4. The van der Waals surface area contributed by atoms with Crippen molar-refractivity contribution in [3.05, 3.63) is 78.1 Å². The second kappa shape index (κ2) is 12.9. The molecule has 0 aliphatic heterocycles. The molecule has 9 nitrogen and oxygen atoms in total. The van der Waals surface area contributed by atoms with Gasteiger partial charge < -0.3 is 14.2 Å². The Bertz CT molecular complexity index is 1360. The molecule has 1 amide bonds. The average molecular weight is 544 g/mol. The molecule has 11 heteroatoms. The molecule has 0 heterocycles. The van der Waals surface area contributed by atoms with Gasteiger partial charge in [0.1, 0.15) is 18.1 Å². The minimum atomic E-state index is -4.26. The first-order valence-corrected chi connectivity index (χ1v) is 13.1. The number of carbonyl (C=O) groups excluding carboxylic acids is 1. The number of nitrogens with zero attached hydrogens (tertiary/aromatic N) is 2. The van der Waals surface area contributed by atoms with Crippen molar-refractivity contribution in [1.29, 1.82) is 0 Å². The summed E-state index contributed by atoms with van der Waals surface area (Å²) in [5.74, 6) is 0.402. The molecular formula is C27H30FN3O6S. The Kier molecular flexibility index (Phi) is 9.66. The fraction of sp³-hybridized carbons (Fsp3) is 0.259. The second-order valence-electron chi connectivity index (χ2n) is 8.57. The molecule has 3 aromatic rings. The van der Waals surface area contributed by atoms with E-state index in [9.17, 15) is 17.6 Å². The average Bonchev–Trinajstić information content (AvgIpc) is 2.91. The van der Waals surface area contributed by atoms with Crippen LogP contribution in [0, 0.1) is 11.7 Å². The van der Waals surface area contributed by atoms with Crippen molar-refractivity contribution >= 4 is 27.8 Å². The van der Waals surface area contributed by atoms with Gasteiger partial charge in [-0.1, -0.05) is 13.8 Å². The Morgan fingerprint density at radius 2 is 1.66 bits per heavy atom. The van der Waals surface area contributed by atoms with Crippen LogP contribution in [0.15, 0.2) is 76.7 Å². The summed E-state index contributed by atoms with van der Waals surface area (Å²) in [5, 5.41) is 3.93. The van der Waals surface area contributed by atoms with Crippen LogP contribution in [0.4, 0.5) is 10.1 Å². The van der Waals surface area contributed by atoms with Crippen molar-refractivity contribution < 1.29 is 31.8 Å². The number of methoxy groups -OCH3 is 2. The summed E-state index contributed by atoms with van der Waals surface area (Å²) < 4.78 is 57.5. The van der Waals surface area contributed by atoms with Gasteiger partial charge in [-0.25, -0.2) is 18.2 Å². The smallest absolute Gasteiger partial charge is 0.264 e. The van der Waals surface area contributed by atoms with Gasteiger partial charge in [0.15, 0.2) is 11.5 Å². The Hall–Kier alpha value is -4.12. The zero-order valence-electron chi connectivity index (χ0n) is 21.5. The normalized spacial score (nSPS) is 11.4. The van der Waals surface area contributed by atoms with E-state index in [1.165, 1.54) is 50.8 Å². The first kappa shape index (κ1) is 28.5. The maximum Gasteiger partial charge on any atom is 0.264 e. The molecule has 38 heavy (non-hydrogen) atoms. The highest BCUT2D eigenvalue weighted by molar-refractivity contribution is 7.92. The Labute approximate surface area is 221 Å². The number of hydrogen-bond acceptors (Lipinski definition) is 7. The van der Waals surface area contributed by atoms with Crippen LogP contribution in [0.1, 0.15) is 19.4 Å². The molecule has 0 radical (unpaired) electrons. The van der Waals surface area contributed by atoms with E-state index in [-0.39, 0.29) is 16.3 Å². The predicted octanol–water partition coefficient (Wildman–Crippen LogP) is 4.22. The molecule has 0 aliphatic carbocycles. The Morgan fingerprint density at radius 1 is 1.00 bits per heavy atom. The van der Waals surface area contributed by atoms with Gasteiger partial charge in [-0.05, 0) is 72.1 Å². The molecule has 0 aliphatic rings. The van der Waals surface area contributed by atoms with Crippen LogP contribution >= 0.6 is 0 Å². The van der Waals surface area contributed by atoms with Crippen molar-refractivity contribution in [3.8, 4) is 17.2 Å². The predicted molar refractivity (Wildman–Crippen MR) is 143 cm³/mol. The van der Waals surface area contributed by atoms with E-state index in [0.29, 0.717) is 23.8 Å². The van der Waals surface area contributed by atoms with Gasteiger partial charge >= 0.3 is 0 Å². The third-order valence-electron chi connectivity index (χ3n) is 5.21. The minimum Gasteiger partial charge on any atom is -0.493 e. The summed E-state index contributed by atoms with van der Waals surface area (Å²) in [6.07, 6.45) is 1.43. The fourth-order valence-electron chi connectivity index (χ4n) is 3.28. The number of hydrogen-bond donors (Lipinski definition) is 1. The largest absolute Gasteiger partial charge is 0.493 e. The van der Waals surface area contributed by atoms with Gasteiger partial charge in [-0.3, -0.25) is 9.10 Å². The van der Waals surface area contributed by atoms with E-state index in [2.05, 4.69) is 24.4 Å². The lowest BCUT2D eigenvalue weighted by Crippen LogP contribution is -2.39. The standard InChI is InChI=1S/C27H30FN3O6S/c1-19(2)18-37-23-11-5-20(6-12-23)16-29-30-27(32)17-31(22-9-7-21(28)8-10-22)38(33,34)24-13-14-25(35-3)26(15-24)36-4/h5-16,19H,17-18H2,1-4H3,(H,30,32)/b29-16-. The molecular weight excluding hydrogens is 513 g/mol. The number of carbonyl (C=O) groups is 1. The summed E-state index contributed by atoms with van der Waals surface area (Å²) in [4.78, 5) is 12.6. The monoisotopic (exact) mass is 543 g/mol. The lowest BCUT2D eigenvalue weighted by atomic mass is 10.2. The summed E-state index contributed by atoms with van der Waals surface area (Å²) in [7, 11) is -1.46. The van der Waals surface area contributed by atoms with Crippen LogP contribution in [0.25, 0.3) is 0 Å². The minimum absolute atomic E-state index is 0.0947. The van der Waals surface area contributed by atoms with Crippen LogP contribution in [-0.4, -0.2) is 47.9 Å². The number of nitrogens with one attached hydrogen (secondary N) is 1. The van der Waals surface area contributed by atoms with E-state index in [1.807, 2.05) is 0 Å². The van der Waals surface area contributed by atoms with Crippen molar-refractivity contribution in [2.75, 3.05) is 31.7 Å². The molecule has 0 saturated carbocycles. The number of amides is 1. The van der Waals surface area contributed by atoms with Gasteiger partial charge in [-0.2, -0.15) is 5.10 Å². The van der Waals surface area contributed by atoms with E-state index in [4.69, 9.17) is 14.2 Å². The van der Waals surface area contributed by atoms with Crippen LogP contribution in [0.3, 0.4) is 0 Å². The zero-order chi connectivity index (χ0) is 27.7. The molecule has 1 N–H and O–H groups in total. The molecule has 0 atom stereocenters. The van der Waals surface area contributed by atoms with Gasteiger partial charge in [0.2, 0.25) is 0 Å². The molecule has 0 unspecified atom stereocenters. The number of rotatable bonds is 12. The summed E-state index contributed by atoms with van der Waals surface area (Å²) in [5.41, 5.74) is 3.14. The van der Waals surface area contributed by atoms with Crippen molar-refractivity contribution in [3.63, 3.8) is 0 Å². The number of anilines is 1. The van der Waals surface area contributed by atoms with Crippen molar-refractivity contribution in [1.82, 2.24) is 5.43 Å². The summed E-state index contributed by atoms with van der Waals surface area (Å²) in [6, 6.07) is 15.9. The van der Waals surface area contributed by atoms with Gasteiger partial charge in [-0.15, -0.1) is 0 Å². The highest BCUT2D eigenvalue weighted by Crippen LogP contribution is 2.32. The Morgan fingerprint density at radius 3 is 2.26 bits per heavy atom. The first-order valence-electron chi connectivity index (χ1n) is 11.7. The molecule has 3 rings (SSSR count). The van der Waals surface area contributed by atoms with Crippen LogP contribution in [-0.2, 0) is 14.8 Å². The van der Waals surface area contributed by atoms with E-state index in [0.717, 1.165) is 22.2 Å². The SMILES string of the molecule is COc1ccc(S(=O)(=O)N(CC(=O)N/N=C\c2ccc(OCC(C)C)cc2)c2ccc(F)cc2)cc1OC. The zero-order valence-corrected chi connectivity index (χ0v) is 22.4. The molecule has 3 aromatic carbocycles. The van der Waals surface area contributed by atoms with Crippen LogP contribution in [0.5, 0.6) is 17.2 Å². The Balaban J connectivity index is 1.78. The van der Waals surface area contributed by atoms with Crippen LogP contribution < -0.4 is 23.9 Å². The molecule has 0 aromatic heterocycles. The summed E-state index contributed by atoms with van der Waals surface area (Å²) in [6.45, 7) is 4.10. The van der Waals surface area contributed by atoms with E-state index in [1.54, 1.807) is 24.3 Å². The lowest BCUT2D eigenvalue weighted by molar-refractivity contribution is -0.119. The molecule has 0 spiro atoms. The fourth-order valence-corrected chi connectivity index (χ4v) is 4.72. The van der Waals surface area contributed by atoms with E-state index >= 15 is 0 Å². The quantitative estimate of drug-likeness (QED) is 0.271. The number of halogens is 1. The van der Waals surface area contributed by atoms with Gasteiger partial charge in [0.05, 0.1) is 37.6 Å². The van der Waals surface area contributed by atoms with Gasteiger partial charge in [0.25, 0.3) is 15.9 Å². The third kappa shape index (κ3) is 7.45. The highest BCUT2D eigenvalue weighted by atomic mass is 32.2. The van der Waals surface area contributed by atoms with Gasteiger partial charge in [0, 0.05) is 6.07 Å². The van der Waals surface area contributed by atoms with Crippen molar-refractivity contribution in [2.24, 2.45) is 11.0 Å². The molecule has 0 saturated heterocycles. The van der Waals surface area contributed by atoms with E-state index < -0.39 is 28.3 Å². The summed E-state index contributed by atoms with van der Waals surface area (Å²) >= 11 is 0. The van der Waals surface area contributed by atoms with Crippen molar-refractivity contribution in [2.45, 2.75) is 18.7 Å². The number of hydrazone groups is 1. The molecule has 202 valence electrons. The molecule has 0 bridgehead atoms. The third-order valence-corrected chi connectivity index (χ3v) is 6.98. The number of benzene rings is 3. The maximum absolute atomic E-state index is 13.5. The lowest BCUT2D eigenvalue weighted by Gasteiger charge is -2.24. The first-order chi connectivity index (χ1) is 18.1. The molecule has 0 fully saturated rings. The number of ether oxygens (including phenoxy) is 3. The topological polar surface area (TPSA) is 107 Å². The highest BCUT2D eigenvalue weighted by Gasteiger charge is 2.28. The van der Waals surface area contributed by atoms with Crippen LogP contribution in [0.2, 0.25) is 0 Å². The maximum atomic E-state index is 13.5.